The minimum absolute atomic E-state index is 0.434. The van der Waals surface area contributed by atoms with E-state index in [0.29, 0.717) is 35.1 Å². The van der Waals surface area contributed by atoms with Crippen LogP contribution in [0.4, 0.5) is 10.5 Å². The van der Waals surface area contributed by atoms with Crippen LogP contribution < -0.4 is 4.90 Å². The van der Waals surface area contributed by atoms with Crippen molar-refractivity contribution in [3.63, 3.8) is 0 Å². The van der Waals surface area contributed by atoms with E-state index in [1.807, 2.05) is 24.3 Å². The van der Waals surface area contributed by atoms with Crippen molar-refractivity contribution >= 4 is 23.4 Å². The van der Waals surface area contributed by atoms with Gasteiger partial charge in [-0.2, -0.15) is 5.26 Å². The van der Waals surface area contributed by atoms with Crippen molar-refractivity contribution in [3.05, 3.63) is 82.9 Å². The Bertz CT molecular complexity index is 1010. The Morgan fingerprint density at radius 3 is 2.71 bits per heavy atom. The van der Waals surface area contributed by atoms with Gasteiger partial charge in [-0.3, -0.25) is 4.90 Å². The van der Waals surface area contributed by atoms with Crippen LogP contribution in [0.1, 0.15) is 49.2 Å². The first-order valence-electron chi connectivity index (χ1n) is 10.3. The van der Waals surface area contributed by atoms with Crippen molar-refractivity contribution in [2.75, 3.05) is 11.4 Å². The Kier molecular flexibility index (Phi) is 8.08. The quantitative estimate of drug-likeness (QED) is 0.414. The van der Waals surface area contributed by atoms with E-state index < -0.39 is 12.2 Å². The summed E-state index contributed by atoms with van der Waals surface area (Å²) in [5.74, 6) is 0.567. The number of hydrogen-bond acceptors (Lipinski definition) is 4. The number of anilines is 1. The van der Waals surface area contributed by atoms with Crippen molar-refractivity contribution in [3.8, 4) is 6.07 Å². The maximum atomic E-state index is 13.2. The summed E-state index contributed by atoms with van der Waals surface area (Å²) in [6, 6.07) is 16.5. The summed E-state index contributed by atoms with van der Waals surface area (Å²) in [5, 5.41) is 9.57. The second-order valence-corrected chi connectivity index (χ2v) is 7.63. The second-order valence-electron chi connectivity index (χ2n) is 7.20. The van der Waals surface area contributed by atoms with E-state index in [1.165, 1.54) is 0 Å². The molecule has 0 aliphatic carbocycles. The largest absolute Gasteiger partial charge is 0.437 e. The summed E-state index contributed by atoms with van der Waals surface area (Å²) in [6.07, 6.45) is 5.64. The zero-order chi connectivity index (χ0) is 22.1. The lowest BCUT2D eigenvalue weighted by molar-refractivity contribution is 0.0994. The van der Waals surface area contributed by atoms with Gasteiger partial charge in [0.25, 0.3) is 0 Å². The highest BCUT2D eigenvalue weighted by molar-refractivity contribution is 6.30. The average Bonchev–Trinajstić information content (AvgIpc) is 3.32. The number of benzene rings is 2. The van der Waals surface area contributed by atoms with E-state index >= 15 is 0 Å². The molecule has 1 N–H and O–H groups in total. The van der Waals surface area contributed by atoms with Gasteiger partial charge in [0, 0.05) is 36.1 Å². The molecule has 0 aliphatic heterocycles. The maximum absolute atomic E-state index is 13.2. The number of nitriles is 1. The molecule has 3 aromatic rings. The third-order valence-electron chi connectivity index (χ3n) is 4.90. The molecule has 160 valence electrons. The first-order valence-corrected chi connectivity index (χ1v) is 10.7. The number of nitrogens with one attached hydrogen (secondary N) is 1. The molecule has 0 bridgehead atoms. The van der Waals surface area contributed by atoms with Gasteiger partial charge in [-0.05, 0) is 42.3 Å². The molecule has 2 aromatic carbocycles. The molecule has 0 spiro atoms. The lowest BCUT2D eigenvalue weighted by Crippen LogP contribution is -2.34. The molecule has 1 aromatic heterocycles. The van der Waals surface area contributed by atoms with Gasteiger partial charge >= 0.3 is 6.09 Å². The third kappa shape index (κ3) is 6.34. The number of hydrogen-bond donors (Lipinski definition) is 1. The topological polar surface area (TPSA) is 82.0 Å². The van der Waals surface area contributed by atoms with Crippen LogP contribution in [0.25, 0.3) is 0 Å². The first kappa shape index (κ1) is 22.4. The van der Waals surface area contributed by atoms with Gasteiger partial charge in [0.2, 0.25) is 0 Å². The van der Waals surface area contributed by atoms with E-state index in [-0.39, 0.29) is 0 Å². The van der Waals surface area contributed by atoms with Crippen LogP contribution >= 0.6 is 11.6 Å². The molecule has 1 heterocycles. The van der Waals surface area contributed by atoms with Gasteiger partial charge in [0.05, 0.1) is 11.6 Å². The van der Waals surface area contributed by atoms with Gasteiger partial charge in [0.15, 0.2) is 6.10 Å². The Morgan fingerprint density at radius 2 is 2.06 bits per heavy atom. The van der Waals surface area contributed by atoms with Crippen molar-refractivity contribution in [2.24, 2.45) is 0 Å². The summed E-state index contributed by atoms with van der Waals surface area (Å²) in [7, 11) is 0. The molecular formula is C24H25ClN4O2. The summed E-state index contributed by atoms with van der Waals surface area (Å²) < 4.78 is 5.93. The van der Waals surface area contributed by atoms with Crippen molar-refractivity contribution < 1.29 is 9.53 Å². The molecule has 1 atom stereocenters. The van der Waals surface area contributed by atoms with Crippen molar-refractivity contribution in [1.82, 2.24) is 9.97 Å². The molecule has 0 saturated carbocycles. The number of carbonyl (C=O) groups is 1. The van der Waals surface area contributed by atoms with E-state index in [9.17, 15) is 4.79 Å². The highest BCUT2D eigenvalue weighted by Gasteiger charge is 2.25. The van der Waals surface area contributed by atoms with Gasteiger partial charge in [-0.15, -0.1) is 0 Å². The van der Waals surface area contributed by atoms with Crippen LogP contribution in [0.5, 0.6) is 0 Å². The smallest absolute Gasteiger partial charge is 0.415 e. The van der Waals surface area contributed by atoms with Gasteiger partial charge in [0.1, 0.15) is 5.82 Å². The number of rotatable bonds is 9. The summed E-state index contributed by atoms with van der Waals surface area (Å²) in [6.45, 7) is 2.65. The average molecular weight is 437 g/mol. The molecule has 0 aliphatic rings. The zero-order valence-corrected chi connectivity index (χ0v) is 18.2. The number of ether oxygens (including phenoxy) is 1. The number of aromatic amines is 1. The maximum Gasteiger partial charge on any atom is 0.415 e. The molecule has 31 heavy (non-hydrogen) atoms. The van der Waals surface area contributed by atoms with Crippen molar-refractivity contribution in [2.45, 2.75) is 38.7 Å². The third-order valence-corrected chi connectivity index (χ3v) is 5.13. The Labute approximate surface area is 187 Å². The first-order chi connectivity index (χ1) is 15.1. The van der Waals surface area contributed by atoms with E-state index in [0.717, 1.165) is 24.8 Å². The molecule has 3 rings (SSSR count). The number of aromatic nitrogens is 2. The standard InChI is InChI=1S/C24H25ClN4O2/c1-2-3-4-14-29(21-7-5-6-20(25)16-21)24(30)31-22(23-27-12-13-28-23)15-18-8-10-19(17-26)11-9-18/h5-13,16,22H,2-4,14-15H2,1H3,(H,27,28). The van der Waals surface area contributed by atoms with Crippen LogP contribution in [-0.2, 0) is 11.2 Å². The van der Waals surface area contributed by atoms with Gasteiger partial charge in [-0.25, -0.2) is 9.78 Å². The number of carbonyl (C=O) groups excluding carboxylic acids is 1. The van der Waals surface area contributed by atoms with Crippen LogP contribution in [0.15, 0.2) is 60.9 Å². The highest BCUT2D eigenvalue weighted by Crippen LogP contribution is 2.25. The minimum Gasteiger partial charge on any atom is -0.437 e. The second kappa shape index (κ2) is 11.2. The monoisotopic (exact) mass is 436 g/mol. The molecule has 7 heteroatoms. The fraction of sp³-hybridized carbons (Fsp3) is 0.292. The van der Waals surface area contributed by atoms with E-state index in [2.05, 4.69) is 23.0 Å². The minimum atomic E-state index is -0.594. The molecule has 1 unspecified atom stereocenters. The van der Waals surface area contributed by atoms with E-state index in [1.54, 1.807) is 41.6 Å². The number of unbranched alkanes of at least 4 members (excludes halogenated alkanes) is 2. The Balaban J connectivity index is 1.81. The molecule has 0 fully saturated rings. The van der Waals surface area contributed by atoms with Gasteiger partial charge in [-0.1, -0.05) is 49.6 Å². The number of imidazole rings is 1. The lowest BCUT2D eigenvalue weighted by Gasteiger charge is -2.25. The lowest BCUT2D eigenvalue weighted by atomic mass is 10.1. The number of amides is 1. The summed E-state index contributed by atoms with van der Waals surface area (Å²) in [4.78, 5) is 22.2. The van der Waals surface area contributed by atoms with Crippen molar-refractivity contribution in [1.29, 1.82) is 5.26 Å². The molecule has 1 amide bonds. The van der Waals surface area contributed by atoms with Crippen LogP contribution in [0, 0.1) is 11.3 Å². The Hall–Kier alpha value is -3.30. The SMILES string of the molecule is CCCCCN(C(=O)OC(Cc1ccc(C#N)cc1)c1ncc[nH]1)c1cccc(Cl)c1. The van der Waals surface area contributed by atoms with Crippen LogP contribution in [0.3, 0.4) is 0 Å². The number of halogens is 1. The molecule has 6 nitrogen and oxygen atoms in total. The Morgan fingerprint density at radius 1 is 1.26 bits per heavy atom. The predicted octanol–water partition coefficient (Wildman–Crippen LogP) is 6.05. The fourth-order valence-corrected chi connectivity index (χ4v) is 3.44. The molecular weight excluding hydrogens is 412 g/mol. The molecule has 0 saturated heterocycles. The fourth-order valence-electron chi connectivity index (χ4n) is 3.25. The summed E-state index contributed by atoms with van der Waals surface area (Å²) in [5.41, 5.74) is 2.22. The number of H-pyrrole nitrogens is 1. The highest BCUT2D eigenvalue weighted by atomic mass is 35.5. The normalized spacial score (nSPS) is 11.5. The van der Waals surface area contributed by atoms with Gasteiger partial charge < -0.3 is 9.72 Å². The van der Waals surface area contributed by atoms with Crippen LogP contribution in [0.2, 0.25) is 5.02 Å². The molecule has 0 radical (unpaired) electrons. The summed E-state index contributed by atoms with van der Waals surface area (Å²) >= 11 is 6.16. The predicted molar refractivity (Wildman–Crippen MR) is 121 cm³/mol. The number of nitrogens with zero attached hydrogens (tertiary/aromatic N) is 3. The van der Waals surface area contributed by atoms with E-state index in [4.69, 9.17) is 21.6 Å². The van der Waals surface area contributed by atoms with Crippen LogP contribution in [-0.4, -0.2) is 22.6 Å². The zero-order valence-electron chi connectivity index (χ0n) is 17.4.